The summed E-state index contributed by atoms with van der Waals surface area (Å²) in [6.45, 7) is 14.0. The predicted octanol–water partition coefficient (Wildman–Crippen LogP) is 12.5. The van der Waals surface area contributed by atoms with Crippen molar-refractivity contribution < 1.29 is 15.6 Å². The predicted molar refractivity (Wildman–Crippen MR) is 195 cm³/mol. The molecule has 0 radical (unpaired) electrons. The molecule has 0 heterocycles. The van der Waals surface area contributed by atoms with Crippen LogP contribution < -0.4 is 0 Å². The zero-order valence-electron chi connectivity index (χ0n) is 27.1. The van der Waals surface area contributed by atoms with E-state index in [2.05, 4.69) is 138 Å². The number of fused-ring (bicyclic) bond motifs is 2. The molecule has 0 fully saturated rings. The van der Waals surface area contributed by atoms with Gasteiger partial charge in [0.2, 0.25) is 0 Å². The molecule has 0 nitrogen and oxygen atoms in total. The van der Waals surface area contributed by atoms with Gasteiger partial charge in [0.25, 0.3) is 0 Å². The first-order valence-corrected chi connectivity index (χ1v) is 32.8. The van der Waals surface area contributed by atoms with Crippen LogP contribution in [-0.4, -0.2) is 5.92 Å². The SMILES string of the molecule is CCCc1ccc2c(c1-c1ccccc1)C=C(C)[CH]2[Zr]([Cl])([Cl])([CH]1C(C)=Cc2c1ccc(CCC)c2-c1ccccc1)[SiH](C)C. The molecule has 0 aliphatic heterocycles. The minimum atomic E-state index is -4.74. The second-order valence-electron chi connectivity index (χ2n) is 13.5. The Kier molecular flexibility index (Phi) is 8.97. The fraction of sp³-hybridized carbons (Fsp3) is 0.300. The van der Waals surface area contributed by atoms with Crippen LogP contribution in [0, 0.1) is 0 Å². The van der Waals surface area contributed by atoms with Gasteiger partial charge in [0.1, 0.15) is 0 Å². The van der Waals surface area contributed by atoms with Crippen molar-refractivity contribution in [2.45, 2.75) is 73.7 Å². The summed E-state index contributed by atoms with van der Waals surface area (Å²) in [5.41, 5.74) is 16.3. The van der Waals surface area contributed by atoms with Gasteiger partial charge in [-0.2, -0.15) is 0 Å². The van der Waals surface area contributed by atoms with E-state index in [0.29, 0.717) is 0 Å². The van der Waals surface area contributed by atoms with Crippen LogP contribution >= 0.6 is 17.0 Å². The summed E-state index contributed by atoms with van der Waals surface area (Å²) in [5.74, 6) is -1.59. The topological polar surface area (TPSA) is 0 Å². The first kappa shape index (κ1) is 32.0. The third-order valence-electron chi connectivity index (χ3n) is 10.4. The van der Waals surface area contributed by atoms with E-state index in [9.17, 15) is 0 Å². The first-order valence-electron chi connectivity index (χ1n) is 16.5. The molecular weight excluding hydrogens is 671 g/mol. The van der Waals surface area contributed by atoms with Gasteiger partial charge in [0, 0.05) is 0 Å². The molecule has 0 bridgehead atoms. The van der Waals surface area contributed by atoms with Crippen molar-refractivity contribution in [1.29, 1.82) is 0 Å². The van der Waals surface area contributed by atoms with Crippen LogP contribution in [0.25, 0.3) is 34.4 Å². The molecule has 4 heteroatoms. The van der Waals surface area contributed by atoms with Crippen molar-refractivity contribution in [3.05, 3.63) is 129 Å². The van der Waals surface area contributed by atoms with Gasteiger partial charge >= 0.3 is 276 Å². The van der Waals surface area contributed by atoms with E-state index in [1.54, 1.807) is 0 Å². The average molecular weight is 716 g/mol. The van der Waals surface area contributed by atoms with Gasteiger partial charge in [-0.15, -0.1) is 0 Å². The average Bonchev–Trinajstić information content (AvgIpc) is 3.54. The fourth-order valence-corrected chi connectivity index (χ4v) is 41.4. The Morgan fingerprint density at radius 1 is 0.591 bits per heavy atom. The van der Waals surface area contributed by atoms with E-state index in [4.69, 9.17) is 17.0 Å². The zero-order valence-corrected chi connectivity index (χ0v) is 32.2. The molecule has 6 rings (SSSR count). The molecular formula is C40H45Cl2SiZr. The van der Waals surface area contributed by atoms with Gasteiger partial charge in [0.15, 0.2) is 0 Å². The summed E-state index contributed by atoms with van der Waals surface area (Å²) in [4.78, 5) is 0. The molecule has 2 aliphatic rings. The van der Waals surface area contributed by atoms with E-state index < -0.39 is 21.5 Å². The molecule has 0 saturated carbocycles. The molecule has 0 saturated heterocycles. The van der Waals surface area contributed by atoms with Crippen LogP contribution in [0.15, 0.2) is 96.1 Å². The van der Waals surface area contributed by atoms with Gasteiger partial charge < -0.3 is 0 Å². The number of aryl methyl sites for hydroxylation is 2. The van der Waals surface area contributed by atoms with Gasteiger partial charge in [-0.1, -0.05) is 0 Å². The van der Waals surface area contributed by atoms with Gasteiger partial charge in [0.05, 0.1) is 0 Å². The van der Waals surface area contributed by atoms with Crippen molar-refractivity contribution in [3.63, 3.8) is 0 Å². The quantitative estimate of drug-likeness (QED) is 0.151. The monoisotopic (exact) mass is 713 g/mol. The third-order valence-corrected chi connectivity index (χ3v) is 62.6. The van der Waals surface area contributed by atoms with Crippen molar-refractivity contribution in [2.24, 2.45) is 0 Å². The standard InChI is InChI=1S/2C19H19.C2H7Si.2ClH.Zr/c2*1-3-7-15-10-11-17-12-14(2)13-18(17)19(15)16-8-5-4-6-9-16;1-3-2;;;/h2*4-6,8-13H,3,7H2,1-2H3;3H,1-2H3;2*1H;/q;;;;;+2/p-2. The van der Waals surface area contributed by atoms with E-state index in [0.717, 1.165) is 25.7 Å². The van der Waals surface area contributed by atoms with E-state index in [1.165, 1.54) is 66.8 Å². The van der Waals surface area contributed by atoms with Gasteiger partial charge in [-0.05, 0) is 0 Å². The van der Waals surface area contributed by atoms with E-state index in [-0.39, 0.29) is 7.25 Å². The van der Waals surface area contributed by atoms with Crippen LogP contribution in [0.3, 0.4) is 0 Å². The van der Waals surface area contributed by atoms with Gasteiger partial charge in [-0.3, -0.25) is 0 Å². The number of halogens is 2. The summed E-state index contributed by atoms with van der Waals surface area (Å²) in [6.07, 6.45) is 9.26. The van der Waals surface area contributed by atoms with Crippen LogP contribution in [0.2, 0.25) is 13.1 Å². The van der Waals surface area contributed by atoms with Crippen LogP contribution in [0.1, 0.15) is 81.2 Å². The summed E-state index contributed by atoms with van der Waals surface area (Å²) in [5, 5.41) is 0. The molecule has 2 aliphatic carbocycles. The molecule has 227 valence electrons. The molecule has 4 aromatic rings. The summed E-state index contributed by atoms with van der Waals surface area (Å²) in [6, 6.07) is 31.4. The Labute approximate surface area is 274 Å². The summed E-state index contributed by atoms with van der Waals surface area (Å²) < 4.78 is 0.212. The van der Waals surface area contributed by atoms with Crippen LogP contribution in [0.4, 0.5) is 0 Å². The Balaban J connectivity index is 1.58. The van der Waals surface area contributed by atoms with Crippen molar-refractivity contribution >= 4 is 35.1 Å². The van der Waals surface area contributed by atoms with E-state index >= 15 is 0 Å². The maximum absolute atomic E-state index is 8.54. The summed E-state index contributed by atoms with van der Waals surface area (Å²) in [7, 11) is 17.1. The second kappa shape index (κ2) is 12.3. The molecule has 2 unspecified atom stereocenters. The van der Waals surface area contributed by atoms with Gasteiger partial charge in [-0.25, -0.2) is 0 Å². The first-order chi connectivity index (χ1) is 21.1. The Morgan fingerprint density at radius 2 is 0.977 bits per heavy atom. The second-order valence-corrected chi connectivity index (χ2v) is 56.0. The number of allylic oxidation sites excluding steroid dienone is 2. The third kappa shape index (κ3) is 5.04. The van der Waals surface area contributed by atoms with Crippen molar-refractivity contribution in [1.82, 2.24) is 0 Å². The molecule has 0 spiro atoms. The molecule has 0 amide bonds. The molecule has 2 atom stereocenters. The Hall–Kier alpha value is -1.96. The normalized spacial score (nSPS) is 18.4. The molecule has 0 aromatic heterocycles. The summed E-state index contributed by atoms with van der Waals surface area (Å²) >= 11 is -4.74. The number of hydrogen-bond acceptors (Lipinski definition) is 0. The molecule has 44 heavy (non-hydrogen) atoms. The zero-order chi connectivity index (χ0) is 31.2. The van der Waals surface area contributed by atoms with Crippen molar-refractivity contribution in [3.8, 4) is 22.3 Å². The van der Waals surface area contributed by atoms with Crippen LogP contribution in [0.5, 0.6) is 0 Å². The maximum atomic E-state index is 8.54. The number of hydrogen-bond donors (Lipinski definition) is 0. The van der Waals surface area contributed by atoms with Crippen LogP contribution in [-0.2, 0) is 28.4 Å². The fourth-order valence-electron chi connectivity index (χ4n) is 8.43. The Morgan fingerprint density at radius 3 is 1.32 bits per heavy atom. The van der Waals surface area contributed by atoms with E-state index in [1.807, 2.05) is 0 Å². The Bertz CT molecular complexity index is 1640. The number of rotatable bonds is 9. The molecule has 0 N–H and O–H groups in total. The van der Waals surface area contributed by atoms with Crippen molar-refractivity contribution in [2.75, 3.05) is 0 Å². The minimum absolute atomic E-state index is 0.106. The number of benzene rings is 4. The molecule has 4 aromatic carbocycles.